The van der Waals surface area contributed by atoms with Crippen LogP contribution in [-0.2, 0) is 6.42 Å². The zero-order chi connectivity index (χ0) is 14.5. The van der Waals surface area contributed by atoms with E-state index in [1.54, 1.807) is 6.20 Å². The van der Waals surface area contributed by atoms with Crippen molar-refractivity contribution >= 4 is 16.6 Å². The average Bonchev–Trinajstić information content (AvgIpc) is 2.52. The van der Waals surface area contributed by atoms with Gasteiger partial charge in [0.2, 0.25) is 0 Å². The number of nitrogen functional groups attached to an aromatic ring is 1. The number of anilines is 1. The fraction of sp³-hybridized carbons (Fsp3) is 0.176. The summed E-state index contributed by atoms with van der Waals surface area (Å²) in [4.78, 5) is 8.33. The molecule has 106 valence electrons. The van der Waals surface area contributed by atoms with E-state index in [0.29, 0.717) is 12.3 Å². The van der Waals surface area contributed by atoms with Gasteiger partial charge in [-0.25, -0.2) is 0 Å². The highest BCUT2D eigenvalue weighted by Crippen LogP contribution is 2.25. The Labute approximate surface area is 123 Å². The highest BCUT2D eigenvalue weighted by Gasteiger charge is 2.03. The molecule has 0 bridgehead atoms. The molecule has 0 amide bonds. The molecule has 0 unspecified atom stereocenters. The molecule has 0 aliphatic carbocycles. The zero-order valence-electron chi connectivity index (χ0n) is 11.7. The summed E-state index contributed by atoms with van der Waals surface area (Å²) in [7, 11) is 0. The van der Waals surface area contributed by atoms with Gasteiger partial charge in [0, 0.05) is 29.7 Å². The summed E-state index contributed by atoms with van der Waals surface area (Å²) in [6, 6.07) is 11.6. The van der Waals surface area contributed by atoms with Gasteiger partial charge in [0.05, 0.1) is 12.1 Å². The number of aryl methyl sites for hydroxylation is 1. The second kappa shape index (κ2) is 6.22. The Morgan fingerprint density at radius 2 is 1.86 bits per heavy atom. The molecule has 2 heterocycles. The van der Waals surface area contributed by atoms with Crippen LogP contribution < -0.4 is 10.5 Å². The van der Waals surface area contributed by atoms with Crippen LogP contribution in [0.4, 0.5) is 5.69 Å². The minimum absolute atomic E-state index is 0.672. The summed E-state index contributed by atoms with van der Waals surface area (Å²) in [6.07, 6.45) is 7.33. The smallest absolute Gasteiger partial charge is 0.130 e. The van der Waals surface area contributed by atoms with Crippen molar-refractivity contribution in [3.05, 3.63) is 60.6 Å². The van der Waals surface area contributed by atoms with Crippen molar-refractivity contribution < 1.29 is 4.74 Å². The first-order valence-corrected chi connectivity index (χ1v) is 6.99. The van der Waals surface area contributed by atoms with Crippen LogP contribution in [0.2, 0.25) is 0 Å². The van der Waals surface area contributed by atoms with Crippen LogP contribution in [0.15, 0.2) is 55.0 Å². The van der Waals surface area contributed by atoms with Gasteiger partial charge in [-0.3, -0.25) is 9.97 Å². The van der Waals surface area contributed by atoms with E-state index in [0.717, 1.165) is 29.5 Å². The third kappa shape index (κ3) is 3.28. The number of aromatic nitrogens is 2. The predicted octanol–water partition coefficient (Wildman–Crippen LogP) is 3.22. The van der Waals surface area contributed by atoms with Crippen LogP contribution >= 0.6 is 0 Å². The molecule has 0 radical (unpaired) electrons. The standard InChI is InChI=1S/C17H17N3O/c18-14-3-4-15-16(12-14)20-10-7-17(15)21-11-1-2-13-5-8-19-9-6-13/h3-10,12H,1-2,11,18H2. The molecule has 0 aliphatic heterocycles. The van der Waals surface area contributed by atoms with E-state index < -0.39 is 0 Å². The van der Waals surface area contributed by atoms with Crippen molar-refractivity contribution in [1.29, 1.82) is 0 Å². The fourth-order valence-corrected chi connectivity index (χ4v) is 2.27. The number of pyridine rings is 2. The lowest BCUT2D eigenvalue weighted by atomic mass is 10.1. The van der Waals surface area contributed by atoms with E-state index in [1.165, 1.54) is 5.56 Å². The molecular formula is C17H17N3O. The molecule has 0 atom stereocenters. The lowest BCUT2D eigenvalue weighted by Crippen LogP contribution is -2.00. The van der Waals surface area contributed by atoms with Crippen molar-refractivity contribution in [3.63, 3.8) is 0 Å². The Morgan fingerprint density at radius 1 is 1.00 bits per heavy atom. The lowest BCUT2D eigenvalue weighted by Gasteiger charge is -2.09. The summed E-state index contributed by atoms with van der Waals surface area (Å²) in [5.41, 5.74) is 8.63. The second-order valence-electron chi connectivity index (χ2n) is 4.89. The summed E-state index contributed by atoms with van der Waals surface area (Å²) in [5, 5.41) is 0.996. The van der Waals surface area contributed by atoms with E-state index in [4.69, 9.17) is 10.5 Å². The molecule has 21 heavy (non-hydrogen) atoms. The summed E-state index contributed by atoms with van der Waals surface area (Å²) in [5.74, 6) is 0.856. The molecule has 0 saturated carbocycles. The van der Waals surface area contributed by atoms with Crippen molar-refractivity contribution in [2.24, 2.45) is 0 Å². The van der Waals surface area contributed by atoms with Gasteiger partial charge in [0.1, 0.15) is 5.75 Å². The Morgan fingerprint density at radius 3 is 2.71 bits per heavy atom. The van der Waals surface area contributed by atoms with Crippen molar-refractivity contribution in [3.8, 4) is 5.75 Å². The third-order valence-electron chi connectivity index (χ3n) is 3.34. The SMILES string of the molecule is Nc1ccc2c(OCCCc3ccncc3)ccnc2c1. The van der Waals surface area contributed by atoms with Crippen molar-refractivity contribution in [2.45, 2.75) is 12.8 Å². The lowest BCUT2D eigenvalue weighted by molar-refractivity contribution is 0.314. The molecule has 0 saturated heterocycles. The number of nitrogens with two attached hydrogens (primary N) is 1. The zero-order valence-corrected chi connectivity index (χ0v) is 11.7. The highest BCUT2D eigenvalue weighted by atomic mass is 16.5. The van der Waals surface area contributed by atoms with Gasteiger partial charge in [0.15, 0.2) is 0 Å². The number of rotatable bonds is 5. The Bertz CT molecular complexity index is 728. The number of benzene rings is 1. The van der Waals surface area contributed by atoms with E-state index in [2.05, 4.69) is 9.97 Å². The Balaban J connectivity index is 1.63. The molecule has 0 fully saturated rings. The molecule has 3 aromatic rings. The van der Waals surface area contributed by atoms with Gasteiger partial charge in [-0.1, -0.05) is 0 Å². The van der Waals surface area contributed by atoms with Crippen LogP contribution in [0.25, 0.3) is 10.9 Å². The molecule has 4 heteroatoms. The molecule has 3 rings (SSSR count). The number of nitrogens with zero attached hydrogens (tertiary/aromatic N) is 2. The molecule has 0 spiro atoms. The monoisotopic (exact) mass is 279 g/mol. The maximum Gasteiger partial charge on any atom is 0.130 e. The molecule has 1 aromatic carbocycles. The van der Waals surface area contributed by atoms with Crippen LogP contribution in [0.3, 0.4) is 0 Å². The quantitative estimate of drug-likeness (QED) is 0.575. The van der Waals surface area contributed by atoms with Gasteiger partial charge in [-0.05, 0) is 54.8 Å². The van der Waals surface area contributed by atoms with E-state index >= 15 is 0 Å². The van der Waals surface area contributed by atoms with Gasteiger partial charge in [0.25, 0.3) is 0 Å². The van der Waals surface area contributed by atoms with E-state index in [-0.39, 0.29) is 0 Å². The van der Waals surface area contributed by atoms with Crippen LogP contribution in [0.5, 0.6) is 5.75 Å². The molecule has 0 aliphatic rings. The summed E-state index contributed by atoms with van der Waals surface area (Å²) < 4.78 is 5.88. The topological polar surface area (TPSA) is 61.0 Å². The van der Waals surface area contributed by atoms with Crippen LogP contribution in [0, 0.1) is 0 Å². The normalized spacial score (nSPS) is 10.7. The van der Waals surface area contributed by atoms with Gasteiger partial charge < -0.3 is 10.5 Å². The van der Waals surface area contributed by atoms with Crippen LogP contribution in [-0.4, -0.2) is 16.6 Å². The minimum Gasteiger partial charge on any atom is -0.493 e. The first kappa shape index (κ1) is 13.4. The molecule has 2 N–H and O–H groups in total. The maximum atomic E-state index is 5.88. The number of ether oxygens (including phenoxy) is 1. The summed E-state index contributed by atoms with van der Waals surface area (Å²) >= 11 is 0. The minimum atomic E-state index is 0.672. The fourth-order valence-electron chi connectivity index (χ4n) is 2.27. The first-order valence-electron chi connectivity index (χ1n) is 6.99. The van der Waals surface area contributed by atoms with Gasteiger partial charge in [-0.15, -0.1) is 0 Å². The molecular weight excluding hydrogens is 262 g/mol. The summed E-state index contributed by atoms with van der Waals surface area (Å²) in [6.45, 7) is 0.672. The molecule has 2 aromatic heterocycles. The number of hydrogen-bond donors (Lipinski definition) is 1. The highest BCUT2D eigenvalue weighted by molar-refractivity contribution is 5.87. The Hall–Kier alpha value is -2.62. The van der Waals surface area contributed by atoms with E-state index in [9.17, 15) is 0 Å². The first-order chi connectivity index (χ1) is 10.3. The largest absolute Gasteiger partial charge is 0.493 e. The van der Waals surface area contributed by atoms with Crippen molar-refractivity contribution in [2.75, 3.05) is 12.3 Å². The second-order valence-corrected chi connectivity index (χ2v) is 4.89. The number of fused-ring (bicyclic) bond motifs is 1. The third-order valence-corrected chi connectivity index (χ3v) is 3.34. The predicted molar refractivity (Wildman–Crippen MR) is 84.2 cm³/mol. The van der Waals surface area contributed by atoms with Gasteiger partial charge >= 0.3 is 0 Å². The maximum absolute atomic E-state index is 5.88. The van der Waals surface area contributed by atoms with Crippen LogP contribution in [0.1, 0.15) is 12.0 Å². The van der Waals surface area contributed by atoms with Gasteiger partial charge in [-0.2, -0.15) is 0 Å². The molecule has 4 nitrogen and oxygen atoms in total. The Kier molecular flexibility index (Phi) is 3.96. The van der Waals surface area contributed by atoms with E-state index in [1.807, 2.05) is 48.8 Å². The number of hydrogen-bond acceptors (Lipinski definition) is 4. The average molecular weight is 279 g/mol. The van der Waals surface area contributed by atoms with Crippen molar-refractivity contribution in [1.82, 2.24) is 9.97 Å².